The Balaban J connectivity index is 4.19. The van der Waals surface area contributed by atoms with Gasteiger partial charge < -0.3 is 14.2 Å². The fourth-order valence-corrected chi connectivity index (χ4v) is 11.2. The lowest BCUT2D eigenvalue weighted by Crippen LogP contribution is -2.30. The Morgan fingerprint density at radius 1 is 0.250 bits per heavy atom. The van der Waals surface area contributed by atoms with Crippen molar-refractivity contribution in [1.29, 1.82) is 0 Å². The van der Waals surface area contributed by atoms with Gasteiger partial charge in [-0.3, -0.25) is 14.4 Å². The summed E-state index contributed by atoms with van der Waals surface area (Å²) in [5, 5.41) is 0. The summed E-state index contributed by atoms with van der Waals surface area (Å²) in [5.74, 6) is -0.850. The highest BCUT2D eigenvalue weighted by Gasteiger charge is 2.19. The second-order valence-electron chi connectivity index (χ2n) is 24.9. The Labute approximate surface area is 500 Å². The molecule has 1 atom stereocenters. The van der Waals surface area contributed by atoms with E-state index in [1.807, 2.05) is 0 Å². The lowest BCUT2D eigenvalue weighted by atomic mass is 10.0. The van der Waals surface area contributed by atoms with Gasteiger partial charge in [-0.2, -0.15) is 0 Å². The summed E-state index contributed by atoms with van der Waals surface area (Å²) >= 11 is 0. The fourth-order valence-electron chi connectivity index (χ4n) is 11.2. The van der Waals surface area contributed by atoms with Crippen LogP contribution >= 0.6 is 0 Å². The molecule has 0 amide bonds. The van der Waals surface area contributed by atoms with Gasteiger partial charge in [0, 0.05) is 19.3 Å². The lowest BCUT2D eigenvalue weighted by molar-refractivity contribution is -0.167. The van der Waals surface area contributed by atoms with E-state index in [1.54, 1.807) is 0 Å². The standard InChI is InChI=1S/C74H140O6/c1-4-7-10-13-16-19-22-25-28-31-32-33-34-35-36-37-38-39-40-41-42-44-46-49-52-55-58-61-64-67-73(76)79-70-71(69-78-72(75)66-63-60-57-54-51-48-45-30-27-24-21-18-15-12-9-6-3)80-74(77)68-65-62-59-56-53-50-47-43-29-26-23-20-17-14-11-8-5-2/h21,24,30,45,71H,4-20,22-23,25-29,31-44,46-70H2,1-3H3/b24-21-,45-30-. The first-order valence-corrected chi connectivity index (χ1v) is 36.3. The van der Waals surface area contributed by atoms with Gasteiger partial charge in [0.25, 0.3) is 0 Å². The normalized spacial score (nSPS) is 12.1. The molecule has 6 nitrogen and oxygen atoms in total. The first kappa shape index (κ1) is 77.9. The molecule has 0 aliphatic heterocycles. The highest BCUT2D eigenvalue weighted by molar-refractivity contribution is 5.71. The van der Waals surface area contributed by atoms with E-state index in [1.165, 1.54) is 295 Å². The largest absolute Gasteiger partial charge is 0.462 e. The van der Waals surface area contributed by atoms with E-state index in [9.17, 15) is 14.4 Å². The minimum atomic E-state index is -0.774. The number of ether oxygens (including phenoxy) is 3. The number of carbonyl (C=O) groups excluding carboxylic acids is 3. The molecule has 1 unspecified atom stereocenters. The van der Waals surface area contributed by atoms with Crippen molar-refractivity contribution in [2.24, 2.45) is 0 Å². The molecular weight excluding hydrogens is 985 g/mol. The molecule has 0 N–H and O–H groups in total. The van der Waals surface area contributed by atoms with Gasteiger partial charge in [0.15, 0.2) is 6.10 Å². The number of esters is 3. The Bertz CT molecular complexity index is 1290. The summed E-state index contributed by atoms with van der Waals surface area (Å²) in [6.07, 6.45) is 85.1. The van der Waals surface area contributed by atoms with Gasteiger partial charge in [0.05, 0.1) is 0 Å². The van der Waals surface area contributed by atoms with E-state index in [2.05, 4.69) is 45.1 Å². The molecule has 80 heavy (non-hydrogen) atoms. The van der Waals surface area contributed by atoms with Gasteiger partial charge in [0.2, 0.25) is 0 Å². The summed E-state index contributed by atoms with van der Waals surface area (Å²) in [4.78, 5) is 38.4. The number of allylic oxidation sites excluding steroid dienone is 4. The molecule has 0 aliphatic rings. The molecule has 0 fully saturated rings. The first-order chi connectivity index (χ1) is 39.5. The van der Waals surface area contributed by atoms with E-state index in [-0.39, 0.29) is 31.1 Å². The zero-order chi connectivity index (χ0) is 57.8. The van der Waals surface area contributed by atoms with E-state index in [0.717, 1.165) is 77.0 Å². The molecule has 0 heterocycles. The van der Waals surface area contributed by atoms with Crippen molar-refractivity contribution >= 4 is 17.9 Å². The second-order valence-corrected chi connectivity index (χ2v) is 24.9. The summed E-state index contributed by atoms with van der Waals surface area (Å²) in [6, 6.07) is 0. The maximum Gasteiger partial charge on any atom is 0.306 e. The van der Waals surface area contributed by atoms with Crippen LogP contribution in [0, 0.1) is 0 Å². The molecule has 472 valence electrons. The average molecular weight is 1130 g/mol. The molecule has 0 aromatic heterocycles. The van der Waals surface area contributed by atoms with Gasteiger partial charge >= 0.3 is 17.9 Å². The monoisotopic (exact) mass is 1130 g/mol. The van der Waals surface area contributed by atoms with Gasteiger partial charge in [-0.15, -0.1) is 0 Å². The van der Waals surface area contributed by atoms with Gasteiger partial charge in [0.1, 0.15) is 13.2 Å². The second kappa shape index (κ2) is 69.4. The smallest absolute Gasteiger partial charge is 0.306 e. The van der Waals surface area contributed by atoms with Crippen molar-refractivity contribution in [2.45, 2.75) is 419 Å². The van der Waals surface area contributed by atoms with Crippen LogP contribution in [-0.4, -0.2) is 37.2 Å². The molecule has 6 heteroatoms. The Hall–Kier alpha value is -2.11. The number of hydrogen-bond donors (Lipinski definition) is 0. The van der Waals surface area contributed by atoms with E-state index in [4.69, 9.17) is 14.2 Å². The topological polar surface area (TPSA) is 78.9 Å². The van der Waals surface area contributed by atoms with Gasteiger partial charge in [-0.1, -0.05) is 366 Å². The van der Waals surface area contributed by atoms with Crippen LogP contribution in [0.25, 0.3) is 0 Å². The maximum absolute atomic E-state index is 12.9. The third-order valence-electron chi connectivity index (χ3n) is 16.7. The summed E-state index contributed by atoms with van der Waals surface area (Å²) in [7, 11) is 0. The van der Waals surface area contributed by atoms with Crippen molar-refractivity contribution in [3.05, 3.63) is 24.3 Å². The first-order valence-electron chi connectivity index (χ1n) is 36.3. The minimum absolute atomic E-state index is 0.0692. The zero-order valence-electron chi connectivity index (χ0n) is 54.4. The predicted molar refractivity (Wildman–Crippen MR) is 349 cm³/mol. The van der Waals surface area contributed by atoms with E-state index in [0.29, 0.717) is 19.3 Å². The molecular formula is C74H140O6. The number of carbonyl (C=O) groups is 3. The third kappa shape index (κ3) is 66.7. The lowest BCUT2D eigenvalue weighted by Gasteiger charge is -2.18. The van der Waals surface area contributed by atoms with Crippen molar-refractivity contribution < 1.29 is 28.6 Å². The summed E-state index contributed by atoms with van der Waals surface area (Å²) in [5.41, 5.74) is 0. The van der Waals surface area contributed by atoms with Crippen LogP contribution in [0.5, 0.6) is 0 Å². The molecule has 0 aromatic carbocycles. The molecule has 0 saturated heterocycles. The molecule has 0 radical (unpaired) electrons. The van der Waals surface area contributed by atoms with Crippen LogP contribution in [0.4, 0.5) is 0 Å². The Kier molecular flexibility index (Phi) is 67.6. The van der Waals surface area contributed by atoms with Crippen LogP contribution in [0.2, 0.25) is 0 Å². The van der Waals surface area contributed by atoms with E-state index >= 15 is 0 Å². The molecule has 0 spiro atoms. The molecule has 0 rings (SSSR count). The summed E-state index contributed by atoms with van der Waals surface area (Å²) < 4.78 is 17.0. The van der Waals surface area contributed by atoms with Crippen molar-refractivity contribution in [3.8, 4) is 0 Å². The number of rotatable bonds is 68. The van der Waals surface area contributed by atoms with Gasteiger partial charge in [-0.25, -0.2) is 0 Å². The minimum Gasteiger partial charge on any atom is -0.462 e. The molecule has 0 aliphatic carbocycles. The number of unbranched alkanes of at least 4 members (excludes halogenated alkanes) is 53. The highest BCUT2D eigenvalue weighted by atomic mass is 16.6. The van der Waals surface area contributed by atoms with Gasteiger partial charge in [-0.05, 0) is 51.4 Å². The van der Waals surface area contributed by atoms with Crippen LogP contribution in [0.3, 0.4) is 0 Å². The predicted octanol–water partition coefficient (Wildman–Crippen LogP) is 25.0. The van der Waals surface area contributed by atoms with Crippen LogP contribution in [0.15, 0.2) is 24.3 Å². The fraction of sp³-hybridized carbons (Fsp3) is 0.905. The Morgan fingerprint density at radius 3 is 0.700 bits per heavy atom. The highest BCUT2D eigenvalue weighted by Crippen LogP contribution is 2.19. The SMILES string of the molecule is CCCCCC/C=C\C/C=C\CCCCCCCC(=O)OCC(COC(=O)CCCCCCCCCCCCCCCCCCCCCCCCCCCCCCC)OC(=O)CCCCCCCCCCCCCCCCCCC. The van der Waals surface area contributed by atoms with Crippen molar-refractivity contribution in [1.82, 2.24) is 0 Å². The maximum atomic E-state index is 12.9. The zero-order valence-corrected chi connectivity index (χ0v) is 54.4. The molecule has 0 bridgehead atoms. The van der Waals surface area contributed by atoms with Crippen molar-refractivity contribution in [3.63, 3.8) is 0 Å². The summed E-state index contributed by atoms with van der Waals surface area (Å²) in [6.45, 7) is 6.70. The average Bonchev–Trinajstić information content (AvgIpc) is 3.46. The van der Waals surface area contributed by atoms with Crippen LogP contribution in [-0.2, 0) is 28.6 Å². The molecule has 0 saturated carbocycles. The van der Waals surface area contributed by atoms with Crippen molar-refractivity contribution in [2.75, 3.05) is 13.2 Å². The number of hydrogen-bond acceptors (Lipinski definition) is 6. The Morgan fingerprint density at radius 2 is 0.450 bits per heavy atom. The quantitative estimate of drug-likeness (QED) is 0.0261. The van der Waals surface area contributed by atoms with Crippen LogP contribution < -0.4 is 0 Å². The molecule has 0 aromatic rings. The van der Waals surface area contributed by atoms with Crippen LogP contribution in [0.1, 0.15) is 412 Å². The third-order valence-corrected chi connectivity index (χ3v) is 16.7. The van der Waals surface area contributed by atoms with E-state index < -0.39 is 6.10 Å².